The molecule has 4 aromatic carbocycles. The van der Waals surface area contributed by atoms with E-state index in [2.05, 4.69) is 10.1 Å². The summed E-state index contributed by atoms with van der Waals surface area (Å²) in [6.07, 6.45) is 0. The number of nitro benzene ring substituents is 1. The monoisotopic (exact) mass is 530 g/mol. The Morgan fingerprint density at radius 1 is 0.750 bits per heavy atom. The average Bonchev–Trinajstić information content (AvgIpc) is 3.35. The number of hydrogen-bond acceptors (Lipinski definition) is 7. The summed E-state index contributed by atoms with van der Waals surface area (Å²) in [5.41, 5.74) is -0.533. The first-order valence-corrected chi connectivity index (χ1v) is 12.1. The Labute approximate surface area is 225 Å². The lowest BCUT2D eigenvalue weighted by atomic mass is 10.1. The van der Waals surface area contributed by atoms with E-state index in [4.69, 9.17) is 0 Å². The van der Waals surface area contributed by atoms with Gasteiger partial charge in [0.05, 0.1) is 16.1 Å². The predicted octanol–water partition coefficient (Wildman–Crippen LogP) is 4.43. The van der Waals surface area contributed by atoms with Crippen LogP contribution in [0.3, 0.4) is 0 Å². The van der Waals surface area contributed by atoms with Gasteiger partial charge in [0.1, 0.15) is 0 Å². The third-order valence-corrected chi connectivity index (χ3v) is 6.29. The van der Waals surface area contributed by atoms with E-state index in [0.717, 1.165) is 14.0 Å². The van der Waals surface area contributed by atoms with Crippen molar-refractivity contribution >= 4 is 40.0 Å². The number of carbonyl (C=O) groups excluding carboxylic acids is 2. The van der Waals surface area contributed by atoms with Crippen molar-refractivity contribution in [2.45, 2.75) is 0 Å². The summed E-state index contributed by atoms with van der Waals surface area (Å²) < 4.78 is 2.22. The van der Waals surface area contributed by atoms with Crippen molar-refractivity contribution in [3.63, 3.8) is 0 Å². The lowest BCUT2D eigenvalue weighted by molar-refractivity contribution is -0.383. The number of fused-ring (bicyclic) bond motifs is 3. The molecular weight excluding hydrogens is 512 g/mol. The molecule has 0 aliphatic carbocycles. The summed E-state index contributed by atoms with van der Waals surface area (Å²) >= 11 is 0. The van der Waals surface area contributed by atoms with Gasteiger partial charge in [-0.2, -0.15) is 4.68 Å². The molecule has 0 atom stereocenters. The number of rotatable bonds is 5. The minimum Gasteiger partial charge on any atom is -0.268 e. The third-order valence-electron chi connectivity index (χ3n) is 6.29. The molecule has 0 N–H and O–H groups in total. The molecule has 0 aliphatic heterocycles. The van der Waals surface area contributed by atoms with Gasteiger partial charge in [-0.05, 0) is 42.5 Å². The number of nitro groups is 1. The molecule has 2 aromatic heterocycles. The fraction of sp³-hybridized carbons (Fsp3) is 0. The average molecular weight is 531 g/mol. The van der Waals surface area contributed by atoms with Crippen molar-refractivity contribution in [1.82, 2.24) is 19.2 Å². The summed E-state index contributed by atoms with van der Waals surface area (Å²) in [6.45, 7) is 0. The SMILES string of the molecule is O=C(c1ccccc1)N(C(=O)c1ccccc1)c1nc2c([N+](=O)[O-])cccc2n2c(=O)n(-c3ccccc3)nc12. The molecule has 6 rings (SSSR count). The van der Waals surface area contributed by atoms with Crippen LogP contribution in [0.2, 0.25) is 0 Å². The van der Waals surface area contributed by atoms with Crippen LogP contribution in [0.1, 0.15) is 20.7 Å². The number of nitrogens with zero attached hydrogens (tertiary/aromatic N) is 6. The predicted molar refractivity (Wildman–Crippen MR) is 147 cm³/mol. The van der Waals surface area contributed by atoms with Gasteiger partial charge in [-0.3, -0.25) is 19.7 Å². The summed E-state index contributed by atoms with van der Waals surface area (Å²) in [5, 5.41) is 16.4. The highest BCUT2D eigenvalue weighted by atomic mass is 16.6. The fourth-order valence-corrected chi connectivity index (χ4v) is 4.44. The Kier molecular flexibility index (Phi) is 5.93. The highest BCUT2D eigenvalue weighted by molar-refractivity contribution is 6.26. The van der Waals surface area contributed by atoms with Gasteiger partial charge < -0.3 is 0 Å². The van der Waals surface area contributed by atoms with Crippen LogP contribution >= 0.6 is 0 Å². The topological polar surface area (TPSA) is 133 Å². The number of aromatic nitrogens is 4. The minimum atomic E-state index is -0.747. The summed E-state index contributed by atoms with van der Waals surface area (Å²) in [7, 11) is 0. The van der Waals surface area contributed by atoms with Gasteiger partial charge in [0.15, 0.2) is 11.3 Å². The van der Waals surface area contributed by atoms with Crippen LogP contribution < -0.4 is 10.6 Å². The van der Waals surface area contributed by atoms with E-state index in [1.54, 1.807) is 66.7 Å². The van der Waals surface area contributed by atoms with Crippen LogP contribution in [-0.2, 0) is 0 Å². The largest absolute Gasteiger partial charge is 0.355 e. The molecular formula is C29H18N6O5. The molecule has 0 aliphatic rings. The summed E-state index contributed by atoms with van der Waals surface area (Å²) in [6, 6.07) is 28.8. The maximum Gasteiger partial charge on any atom is 0.355 e. The fourth-order valence-electron chi connectivity index (χ4n) is 4.44. The molecule has 2 amide bonds. The number of benzene rings is 4. The van der Waals surface area contributed by atoms with E-state index >= 15 is 0 Å². The Balaban J connectivity index is 1.74. The van der Waals surface area contributed by atoms with E-state index in [1.807, 2.05) is 0 Å². The summed E-state index contributed by atoms with van der Waals surface area (Å²) in [4.78, 5) is 58.2. The van der Waals surface area contributed by atoms with E-state index < -0.39 is 28.1 Å². The second-order valence-electron chi connectivity index (χ2n) is 8.70. The molecule has 2 heterocycles. The number of non-ortho nitro benzene ring substituents is 1. The van der Waals surface area contributed by atoms with Crippen molar-refractivity contribution in [2.24, 2.45) is 0 Å². The van der Waals surface area contributed by atoms with Gasteiger partial charge in [0, 0.05) is 17.2 Å². The number of hydrogen-bond donors (Lipinski definition) is 0. The highest BCUT2D eigenvalue weighted by Crippen LogP contribution is 2.30. The molecule has 6 aromatic rings. The van der Waals surface area contributed by atoms with Crippen molar-refractivity contribution in [1.29, 1.82) is 0 Å². The van der Waals surface area contributed by atoms with Crippen molar-refractivity contribution in [3.05, 3.63) is 141 Å². The Hall–Kier alpha value is -5.97. The maximum atomic E-state index is 13.9. The van der Waals surface area contributed by atoms with Crippen molar-refractivity contribution < 1.29 is 14.5 Å². The van der Waals surface area contributed by atoms with Crippen LogP contribution in [0.5, 0.6) is 0 Å². The van der Waals surface area contributed by atoms with Crippen LogP contribution in [0.25, 0.3) is 22.4 Å². The van der Waals surface area contributed by atoms with Crippen molar-refractivity contribution in [3.8, 4) is 5.69 Å². The molecule has 0 fully saturated rings. The van der Waals surface area contributed by atoms with E-state index in [-0.39, 0.29) is 33.6 Å². The number of para-hydroxylation sites is 2. The molecule has 11 nitrogen and oxygen atoms in total. The first kappa shape index (κ1) is 24.4. The normalized spacial score (nSPS) is 11.0. The first-order valence-electron chi connectivity index (χ1n) is 12.1. The Bertz CT molecular complexity index is 1940. The third kappa shape index (κ3) is 3.98. The highest BCUT2D eigenvalue weighted by Gasteiger charge is 2.33. The second-order valence-corrected chi connectivity index (χ2v) is 8.70. The van der Waals surface area contributed by atoms with Gasteiger partial charge in [-0.1, -0.05) is 60.7 Å². The molecule has 194 valence electrons. The standard InChI is InChI=1S/C29H18N6O5/c36-27(19-11-4-1-5-12-19)33(28(37)20-13-6-2-7-14-20)25-26-31-34(21-15-8-3-9-16-21)29(38)32(26)22-17-10-18-23(35(39)40)24(22)30-25/h1-18H. The zero-order valence-corrected chi connectivity index (χ0v) is 20.6. The molecule has 0 saturated heterocycles. The first-order chi connectivity index (χ1) is 19.5. The van der Waals surface area contributed by atoms with Crippen LogP contribution in [0.15, 0.2) is 114 Å². The van der Waals surface area contributed by atoms with Gasteiger partial charge in [-0.15, -0.1) is 5.10 Å². The van der Waals surface area contributed by atoms with E-state index in [1.165, 1.54) is 42.5 Å². The van der Waals surface area contributed by atoms with Gasteiger partial charge >= 0.3 is 5.69 Å². The van der Waals surface area contributed by atoms with Gasteiger partial charge in [-0.25, -0.2) is 19.1 Å². The molecule has 0 spiro atoms. The maximum absolute atomic E-state index is 13.9. The molecule has 0 unspecified atom stereocenters. The van der Waals surface area contributed by atoms with Gasteiger partial charge in [0.25, 0.3) is 17.5 Å². The lowest BCUT2D eigenvalue weighted by Crippen LogP contribution is -2.38. The number of carbonyl (C=O) groups is 2. The molecule has 0 saturated carbocycles. The molecule has 0 radical (unpaired) electrons. The molecule has 11 heteroatoms. The number of anilines is 1. The Morgan fingerprint density at radius 3 is 1.85 bits per heavy atom. The Morgan fingerprint density at radius 2 is 1.30 bits per heavy atom. The summed E-state index contributed by atoms with van der Waals surface area (Å²) in [5.74, 6) is -1.82. The number of amides is 2. The quantitative estimate of drug-likeness (QED) is 0.183. The van der Waals surface area contributed by atoms with Gasteiger partial charge in [0.2, 0.25) is 5.65 Å². The van der Waals surface area contributed by atoms with Crippen LogP contribution in [-0.4, -0.2) is 35.9 Å². The van der Waals surface area contributed by atoms with Crippen molar-refractivity contribution in [2.75, 3.05) is 4.90 Å². The molecule has 40 heavy (non-hydrogen) atoms. The zero-order valence-electron chi connectivity index (χ0n) is 20.6. The molecule has 0 bridgehead atoms. The lowest BCUT2D eigenvalue weighted by Gasteiger charge is -2.21. The smallest absolute Gasteiger partial charge is 0.268 e. The number of imide groups is 1. The van der Waals surface area contributed by atoms with E-state index in [0.29, 0.717) is 5.69 Å². The van der Waals surface area contributed by atoms with Crippen LogP contribution in [0, 0.1) is 10.1 Å². The zero-order chi connectivity index (χ0) is 27.8. The second kappa shape index (κ2) is 9.72. The van der Waals surface area contributed by atoms with E-state index in [9.17, 15) is 24.5 Å². The minimum absolute atomic E-state index is 0.0967. The van der Waals surface area contributed by atoms with Crippen LogP contribution in [0.4, 0.5) is 11.5 Å².